The lowest BCUT2D eigenvalue weighted by Crippen LogP contribution is -2.50. The highest BCUT2D eigenvalue weighted by atomic mass is 16.4. The van der Waals surface area contributed by atoms with Gasteiger partial charge in [0.05, 0.1) is 17.4 Å². The summed E-state index contributed by atoms with van der Waals surface area (Å²) in [5.41, 5.74) is 0.389. The van der Waals surface area contributed by atoms with Gasteiger partial charge in [-0.1, -0.05) is 37.6 Å². The molecule has 0 saturated heterocycles. The topological polar surface area (TPSA) is 117 Å². The van der Waals surface area contributed by atoms with Gasteiger partial charge in [-0.3, -0.25) is 9.59 Å². The minimum absolute atomic E-state index is 0.179. The second kappa shape index (κ2) is 9.07. The van der Waals surface area contributed by atoms with Gasteiger partial charge in [-0.25, -0.2) is 4.68 Å². The fraction of sp³-hybridized carbons (Fsp3) is 0.500. The van der Waals surface area contributed by atoms with E-state index in [4.69, 9.17) is 0 Å². The Hall–Kier alpha value is -2.77. The minimum atomic E-state index is -1.28. The number of nitrogens with one attached hydrogen (secondary N) is 1. The van der Waals surface area contributed by atoms with Gasteiger partial charge in [0, 0.05) is 13.0 Å². The predicted molar refractivity (Wildman–Crippen MR) is 94.0 cm³/mol. The molecule has 0 fully saturated rings. The average Bonchev–Trinajstić information content (AvgIpc) is 2.60. The van der Waals surface area contributed by atoms with Crippen molar-refractivity contribution in [2.24, 2.45) is 5.92 Å². The molecule has 0 saturated carbocycles. The zero-order valence-electron chi connectivity index (χ0n) is 15.0. The predicted octanol–water partition coefficient (Wildman–Crippen LogP) is 0.243. The first-order valence-electron chi connectivity index (χ1n) is 8.73. The molecule has 8 heteroatoms. The smallest absolute Gasteiger partial charge is 0.277 e. The van der Waals surface area contributed by atoms with E-state index in [1.54, 1.807) is 38.1 Å². The Bertz CT molecular complexity index is 831. The van der Waals surface area contributed by atoms with Crippen LogP contribution in [-0.2, 0) is 16.1 Å². The molecule has 0 aliphatic carbocycles. The molecule has 0 radical (unpaired) electrons. The van der Waals surface area contributed by atoms with Crippen LogP contribution in [0.3, 0.4) is 0 Å². The van der Waals surface area contributed by atoms with Gasteiger partial charge in [-0.15, -0.1) is 5.10 Å². The lowest BCUT2D eigenvalue weighted by atomic mass is 10.0. The summed E-state index contributed by atoms with van der Waals surface area (Å²) in [5, 5.41) is 21.9. The Labute approximate surface area is 151 Å². The molecule has 0 aliphatic rings. The van der Waals surface area contributed by atoms with Gasteiger partial charge >= 0.3 is 0 Å². The van der Waals surface area contributed by atoms with Crippen molar-refractivity contribution < 1.29 is 14.7 Å². The summed E-state index contributed by atoms with van der Waals surface area (Å²) >= 11 is 0. The number of carbonyl (C=O) groups excluding carboxylic acids is 2. The number of benzene rings is 1. The Balaban J connectivity index is 1.77. The summed E-state index contributed by atoms with van der Waals surface area (Å²) in [7, 11) is 0. The van der Waals surface area contributed by atoms with Crippen LogP contribution in [-0.4, -0.2) is 32.9 Å². The molecule has 140 valence electrons. The lowest BCUT2D eigenvalue weighted by molar-refractivity contribution is -0.309. The third kappa shape index (κ3) is 5.11. The largest absolute Gasteiger partial charge is 0.548 e. The van der Waals surface area contributed by atoms with Gasteiger partial charge in [-0.2, -0.15) is 0 Å². The van der Waals surface area contributed by atoms with E-state index in [0.717, 1.165) is 0 Å². The molecule has 8 nitrogen and oxygen atoms in total. The van der Waals surface area contributed by atoms with Crippen LogP contribution in [0.25, 0.3) is 10.9 Å². The molecular weight excluding hydrogens is 336 g/mol. The number of hydrogen-bond donors (Lipinski definition) is 1. The molecule has 1 atom stereocenters. The third-order valence-corrected chi connectivity index (χ3v) is 4.14. The average molecular weight is 359 g/mol. The summed E-state index contributed by atoms with van der Waals surface area (Å²) < 4.78 is 1.33. The number of aliphatic carboxylic acids is 1. The fourth-order valence-electron chi connectivity index (χ4n) is 2.64. The van der Waals surface area contributed by atoms with Crippen molar-refractivity contribution in [1.29, 1.82) is 0 Å². The van der Waals surface area contributed by atoms with Crippen molar-refractivity contribution in [3.63, 3.8) is 0 Å². The van der Waals surface area contributed by atoms with Gasteiger partial charge in [0.2, 0.25) is 5.91 Å². The Kier molecular flexibility index (Phi) is 6.82. The standard InChI is InChI=1S/C18H24N4O4/c1-12(2)16(18(25)26)19-15(23)10-4-3-7-11-22-17(24)13-8-5-6-9-14(13)20-21-22/h5-6,8-9,12,16H,3-4,7,10-11H2,1-2H3,(H,19,23)(H,25,26)/p-1/t16-/m0/s1. The van der Waals surface area contributed by atoms with Crippen molar-refractivity contribution in [1.82, 2.24) is 20.3 Å². The van der Waals surface area contributed by atoms with Crippen molar-refractivity contribution in [3.8, 4) is 0 Å². The maximum Gasteiger partial charge on any atom is 0.277 e. The van der Waals surface area contributed by atoms with Crippen LogP contribution >= 0.6 is 0 Å². The Morgan fingerprint density at radius 2 is 1.92 bits per heavy atom. The molecule has 0 spiro atoms. The number of rotatable bonds is 9. The normalized spacial score (nSPS) is 12.3. The number of carbonyl (C=O) groups is 2. The Morgan fingerprint density at radius 1 is 1.19 bits per heavy atom. The van der Waals surface area contributed by atoms with Crippen LogP contribution in [0.5, 0.6) is 0 Å². The SMILES string of the molecule is CC(C)[C@H](NC(=O)CCCCCn1nnc2ccccc2c1=O)C(=O)[O-]. The van der Waals surface area contributed by atoms with Gasteiger partial charge < -0.3 is 15.2 Å². The molecule has 1 amide bonds. The molecule has 0 bridgehead atoms. The van der Waals surface area contributed by atoms with E-state index in [0.29, 0.717) is 36.7 Å². The number of carboxylic acid groups (broad SMARTS) is 1. The van der Waals surface area contributed by atoms with E-state index in [1.807, 2.05) is 0 Å². The number of fused-ring (bicyclic) bond motifs is 1. The molecular formula is C18H23N4O4-. The van der Waals surface area contributed by atoms with Crippen molar-refractivity contribution in [2.75, 3.05) is 0 Å². The summed E-state index contributed by atoms with van der Waals surface area (Å²) in [6.45, 7) is 3.85. The van der Waals surface area contributed by atoms with E-state index in [2.05, 4.69) is 15.6 Å². The molecule has 1 heterocycles. The fourth-order valence-corrected chi connectivity index (χ4v) is 2.64. The number of carboxylic acids is 1. The van der Waals surface area contributed by atoms with E-state index >= 15 is 0 Å². The summed E-state index contributed by atoms with van der Waals surface area (Å²) in [4.78, 5) is 35.1. The second-order valence-electron chi connectivity index (χ2n) is 6.55. The van der Waals surface area contributed by atoms with Crippen molar-refractivity contribution in [3.05, 3.63) is 34.6 Å². The van der Waals surface area contributed by atoms with Crippen LogP contribution in [0, 0.1) is 5.92 Å². The summed E-state index contributed by atoms with van der Waals surface area (Å²) in [6.07, 6.45) is 2.22. The molecule has 0 aliphatic heterocycles. The number of amides is 1. The van der Waals surface area contributed by atoms with Crippen LogP contribution in [0.1, 0.15) is 39.5 Å². The van der Waals surface area contributed by atoms with Crippen LogP contribution in [0.15, 0.2) is 29.1 Å². The van der Waals surface area contributed by atoms with E-state index in [1.165, 1.54) is 4.68 Å². The summed E-state index contributed by atoms with van der Waals surface area (Å²) in [6, 6.07) is 6.06. The van der Waals surface area contributed by atoms with Gasteiger partial charge in [0.1, 0.15) is 5.52 Å². The molecule has 0 unspecified atom stereocenters. The molecule has 1 aromatic heterocycles. The maximum absolute atomic E-state index is 12.3. The van der Waals surface area contributed by atoms with E-state index in [9.17, 15) is 19.5 Å². The van der Waals surface area contributed by atoms with Crippen LogP contribution in [0.4, 0.5) is 0 Å². The zero-order chi connectivity index (χ0) is 19.1. The van der Waals surface area contributed by atoms with Crippen molar-refractivity contribution in [2.45, 2.75) is 52.1 Å². The number of unbranched alkanes of at least 4 members (excludes halogenated alkanes) is 2. The minimum Gasteiger partial charge on any atom is -0.548 e. The van der Waals surface area contributed by atoms with Gasteiger partial charge in [-0.05, 0) is 30.9 Å². The highest BCUT2D eigenvalue weighted by molar-refractivity contribution is 5.82. The van der Waals surface area contributed by atoms with Crippen LogP contribution < -0.4 is 16.0 Å². The van der Waals surface area contributed by atoms with E-state index < -0.39 is 12.0 Å². The first-order valence-corrected chi connectivity index (χ1v) is 8.73. The number of hydrogen-bond acceptors (Lipinski definition) is 6. The number of nitrogens with zero attached hydrogens (tertiary/aromatic N) is 3. The number of aryl methyl sites for hydroxylation is 1. The molecule has 1 aromatic carbocycles. The summed E-state index contributed by atoms with van der Waals surface area (Å²) in [5.74, 6) is -1.82. The first-order chi connectivity index (χ1) is 12.4. The number of aromatic nitrogens is 3. The lowest BCUT2D eigenvalue weighted by Gasteiger charge is -2.23. The molecule has 2 rings (SSSR count). The highest BCUT2D eigenvalue weighted by Crippen LogP contribution is 2.06. The maximum atomic E-state index is 12.3. The van der Waals surface area contributed by atoms with Crippen LogP contribution in [0.2, 0.25) is 0 Å². The highest BCUT2D eigenvalue weighted by Gasteiger charge is 2.16. The van der Waals surface area contributed by atoms with Crippen molar-refractivity contribution >= 4 is 22.8 Å². The molecule has 1 N–H and O–H groups in total. The van der Waals surface area contributed by atoms with Gasteiger partial charge in [0.25, 0.3) is 5.56 Å². The van der Waals surface area contributed by atoms with Gasteiger partial charge in [0.15, 0.2) is 0 Å². The monoisotopic (exact) mass is 359 g/mol. The van der Waals surface area contributed by atoms with E-state index in [-0.39, 0.29) is 23.8 Å². The molecule has 26 heavy (non-hydrogen) atoms. The third-order valence-electron chi connectivity index (χ3n) is 4.14. The Morgan fingerprint density at radius 3 is 2.62 bits per heavy atom. The zero-order valence-corrected chi connectivity index (χ0v) is 15.0. The first kappa shape index (κ1) is 19.6. The molecule has 2 aromatic rings. The quantitative estimate of drug-likeness (QED) is 0.641. The second-order valence-corrected chi connectivity index (χ2v) is 6.55.